The smallest absolute Gasteiger partial charge is 0.310 e. The van der Waals surface area contributed by atoms with Crippen LogP contribution < -0.4 is 16.2 Å². The highest BCUT2D eigenvalue weighted by Gasteiger charge is 2.48. The van der Waals surface area contributed by atoms with Gasteiger partial charge in [-0.3, -0.25) is 15.1 Å². The molecular weight excluding hydrogens is 360 g/mol. The van der Waals surface area contributed by atoms with Crippen LogP contribution in [0.2, 0.25) is 0 Å². The molecule has 0 aromatic heterocycles. The molecule has 4 aliphatic rings. The Labute approximate surface area is 158 Å². The van der Waals surface area contributed by atoms with Gasteiger partial charge >= 0.3 is 6.03 Å². The Balaban J connectivity index is 1.21. The molecule has 4 heterocycles. The molecule has 2 bridgehead atoms. The third kappa shape index (κ3) is 3.51. The van der Waals surface area contributed by atoms with Gasteiger partial charge in [0.25, 0.3) is 5.91 Å². The molecule has 26 heavy (non-hydrogen) atoms. The predicted molar refractivity (Wildman–Crippen MR) is 94.4 cm³/mol. The summed E-state index contributed by atoms with van der Waals surface area (Å²) in [5, 5.41) is 6.95. The molecule has 11 heteroatoms. The summed E-state index contributed by atoms with van der Waals surface area (Å²) < 4.78 is 4.82. The first-order valence-electron chi connectivity index (χ1n) is 9.24. The van der Waals surface area contributed by atoms with Gasteiger partial charge in [0.15, 0.2) is 0 Å². The van der Waals surface area contributed by atoms with Crippen molar-refractivity contribution in [2.24, 2.45) is 0 Å². The lowest BCUT2D eigenvalue weighted by Crippen LogP contribution is -2.50. The fourth-order valence-corrected chi connectivity index (χ4v) is 4.52. The molecule has 0 aliphatic carbocycles. The maximum Gasteiger partial charge on any atom is 0.345 e. The van der Waals surface area contributed by atoms with Gasteiger partial charge in [0.2, 0.25) is 0 Å². The standard InChI is InChI=1S/C15H26N6O4S/c22-14(13-3-2-11-8-19(13)15(23)21(11)25-26)18-24-9-10-6-12(7-16-10)20-5-1-4-17-20/h10-13,16-17,26H,1-9H2,(H,18,22)/t10-,11?,12-,13?/m1/s1. The molecule has 4 atom stereocenters. The van der Waals surface area contributed by atoms with Crippen molar-refractivity contribution in [2.45, 2.75) is 49.9 Å². The van der Waals surface area contributed by atoms with Crippen molar-refractivity contribution in [1.82, 2.24) is 31.2 Å². The van der Waals surface area contributed by atoms with Crippen molar-refractivity contribution < 1.29 is 18.7 Å². The molecule has 2 unspecified atom stereocenters. The van der Waals surface area contributed by atoms with E-state index in [4.69, 9.17) is 9.12 Å². The summed E-state index contributed by atoms with van der Waals surface area (Å²) in [6.07, 6.45) is 3.45. The number of urea groups is 1. The normalized spacial score (nSPS) is 34.7. The van der Waals surface area contributed by atoms with E-state index in [0.717, 1.165) is 26.1 Å². The van der Waals surface area contributed by atoms with Crippen LogP contribution in [0.15, 0.2) is 0 Å². The highest BCUT2D eigenvalue weighted by atomic mass is 32.1. The second-order valence-electron chi connectivity index (χ2n) is 7.32. The van der Waals surface area contributed by atoms with E-state index < -0.39 is 6.04 Å². The molecule has 146 valence electrons. The minimum Gasteiger partial charge on any atom is -0.310 e. The maximum atomic E-state index is 12.4. The quantitative estimate of drug-likeness (QED) is 0.265. The van der Waals surface area contributed by atoms with Crippen molar-refractivity contribution in [3.63, 3.8) is 0 Å². The average Bonchev–Trinajstić information content (AvgIpc) is 3.37. The molecule has 3 N–H and O–H groups in total. The van der Waals surface area contributed by atoms with Crippen LogP contribution in [0.5, 0.6) is 0 Å². The highest BCUT2D eigenvalue weighted by Crippen LogP contribution is 2.30. The van der Waals surface area contributed by atoms with E-state index in [1.807, 2.05) is 0 Å². The Morgan fingerprint density at radius 1 is 1.35 bits per heavy atom. The number of carbonyl (C=O) groups is 2. The molecule has 10 nitrogen and oxygen atoms in total. The highest BCUT2D eigenvalue weighted by molar-refractivity contribution is 7.75. The van der Waals surface area contributed by atoms with Crippen molar-refractivity contribution in [1.29, 1.82) is 0 Å². The summed E-state index contributed by atoms with van der Waals surface area (Å²) in [6, 6.07) is -0.207. The van der Waals surface area contributed by atoms with Gasteiger partial charge in [-0.25, -0.2) is 19.6 Å². The van der Waals surface area contributed by atoms with E-state index in [9.17, 15) is 9.59 Å². The SMILES string of the molecule is O=C(NOC[C@H]1C[C@@H](N2CCCN2)CN1)C1CCC2CN1C(=O)N2OS. The summed E-state index contributed by atoms with van der Waals surface area (Å²) in [6.45, 7) is 3.93. The van der Waals surface area contributed by atoms with Crippen LogP contribution in [0.4, 0.5) is 4.79 Å². The van der Waals surface area contributed by atoms with Crippen LogP contribution >= 0.6 is 12.9 Å². The number of carbonyl (C=O) groups excluding carboxylic acids is 2. The molecule has 3 amide bonds. The zero-order valence-corrected chi connectivity index (χ0v) is 15.5. The fraction of sp³-hybridized carbons (Fsp3) is 0.867. The number of hydrazine groups is 1. The molecule has 4 fully saturated rings. The Hall–Kier alpha value is -1.11. The Morgan fingerprint density at radius 2 is 2.23 bits per heavy atom. The van der Waals surface area contributed by atoms with Crippen LogP contribution in [-0.2, 0) is 13.9 Å². The van der Waals surface area contributed by atoms with Crippen LogP contribution in [-0.4, -0.2) is 83.9 Å². The van der Waals surface area contributed by atoms with E-state index in [-0.39, 0.29) is 24.0 Å². The number of rotatable bonds is 6. The maximum absolute atomic E-state index is 12.4. The molecule has 0 aromatic carbocycles. The van der Waals surface area contributed by atoms with Crippen molar-refractivity contribution in [3.8, 4) is 0 Å². The molecule has 0 aromatic rings. The summed E-state index contributed by atoms with van der Waals surface area (Å²) in [4.78, 5) is 31.6. The van der Waals surface area contributed by atoms with Gasteiger partial charge in [-0.05, 0) is 25.7 Å². The van der Waals surface area contributed by atoms with Crippen LogP contribution in [0.1, 0.15) is 25.7 Å². The van der Waals surface area contributed by atoms with Crippen LogP contribution in [0.25, 0.3) is 0 Å². The minimum atomic E-state index is -0.523. The number of fused-ring (bicyclic) bond motifs is 2. The van der Waals surface area contributed by atoms with Crippen LogP contribution in [0.3, 0.4) is 0 Å². The minimum absolute atomic E-state index is 0.0382. The topological polar surface area (TPSA) is 98.4 Å². The zero-order valence-electron chi connectivity index (χ0n) is 14.6. The van der Waals surface area contributed by atoms with Gasteiger partial charge in [0.1, 0.15) is 6.04 Å². The second kappa shape index (κ2) is 7.87. The van der Waals surface area contributed by atoms with Crippen molar-refractivity contribution in [3.05, 3.63) is 0 Å². The zero-order chi connectivity index (χ0) is 18.1. The van der Waals surface area contributed by atoms with E-state index in [0.29, 0.717) is 32.0 Å². The largest absolute Gasteiger partial charge is 0.345 e. The van der Waals surface area contributed by atoms with E-state index >= 15 is 0 Å². The first kappa shape index (κ1) is 18.3. The fourth-order valence-electron chi connectivity index (χ4n) is 4.32. The van der Waals surface area contributed by atoms with Gasteiger partial charge in [0.05, 0.1) is 12.6 Å². The van der Waals surface area contributed by atoms with Crippen LogP contribution in [0, 0.1) is 0 Å². The molecule has 4 rings (SSSR count). The second-order valence-corrected chi connectivity index (χ2v) is 7.48. The monoisotopic (exact) mass is 386 g/mol. The number of amides is 3. The number of hydroxylamine groups is 3. The number of hydrogen-bond donors (Lipinski definition) is 4. The van der Waals surface area contributed by atoms with Crippen molar-refractivity contribution in [2.75, 3.05) is 32.8 Å². The summed E-state index contributed by atoms with van der Waals surface area (Å²) in [5.41, 5.74) is 5.91. The summed E-state index contributed by atoms with van der Waals surface area (Å²) >= 11 is 3.72. The summed E-state index contributed by atoms with van der Waals surface area (Å²) in [7, 11) is 0. The molecule has 0 saturated carbocycles. The third-order valence-corrected chi connectivity index (χ3v) is 5.88. The number of piperidine rings is 1. The van der Waals surface area contributed by atoms with Gasteiger partial charge in [-0.1, -0.05) is 0 Å². The van der Waals surface area contributed by atoms with Crippen molar-refractivity contribution >= 4 is 24.8 Å². The molecular formula is C15H26N6O4S. The lowest BCUT2D eigenvalue weighted by atomic mass is 10.0. The third-order valence-electron chi connectivity index (χ3n) is 5.70. The number of hydrogen-bond acceptors (Lipinski definition) is 8. The lowest BCUT2D eigenvalue weighted by Gasteiger charge is -2.29. The Kier molecular flexibility index (Phi) is 5.53. The lowest BCUT2D eigenvalue weighted by molar-refractivity contribution is -0.139. The number of nitrogens with zero attached hydrogens (tertiary/aromatic N) is 3. The van der Waals surface area contributed by atoms with Gasteiger partial charge < -0.3 is 10.2 Å². The molecule has 0 radical (unpaired) electrons. The summed E-state index contributed by atoms with van der Waals surface area (Å²) in [5.74, 6) is -0.284. The van der Waals surface area contributed by atoms with E-state index in [1.54, 1.807) is 0 Å². The first-order chi connectivity index (χ1) is 12.7. The number of nitrogens with one attached hydrogen (secondary N) is 3. The number of thiol groups is 1. The van der Waals surface area contributed by atoms with E-state index in [1.165, 1.54) is 16.4 Å². The van der Waals surface area contributed by atoms with Gasteiger partial charge in [0, 0.05) is 51.2 Å². The molecule has 4 aliphatic heterocycles. The van der Waals surface area contributed by atoms with Gasteiger partial charge in [-0.2, -0.15) is 5.06 Å². The molecule has 4 saturated heterocycles. The average molecular weight is 386 g/mol. The van der Waals surface area contributed by atoms with E-state index in [2.05, 4.69) is 34.1 Å². The Bertz CT molecular complexity index is 548. The first-order valence-corrected chi connectivity index (χ1v) is 9.60. The van der Waals surface area contributed by atoms with Gasteiger partial charge in [-0.15, -0.1) is 0 Å². The Morgan fingerprint density at radius 3 is 3.00 bits per heavy atom. The molecule has 0 spiro atoms. The predicted octanol–water partition coefficient (Wildman–Crippen LogP) is -0.980.